The van der Waals surface area contributed by atoms with E-state index in [9.17, 15) is 19.2 Å². The minimum absolute atomic E-state index is 0.0829. The van der Waals surface area contributed by atoms with Crippen LogP contribution in [0.25, 0.3) is 0 Å². The van der Waals surface area contributed by atoms with Crippen LogP contribution < -0.4 is 31.2 Å². The highest BCUT2D eigenvalue weighted by molar-refractivity contribution is 6.42. The second-order valence-electron chi connectivity index (χ2n) is 13.4. The summed E-state index contributed by atoms with van der Waals surface area (Å²) in [6.07, 6.45) is 2.99. The van der Waals surface area contributed by atoms with Crippen LogP contribution in [-0.4, -0.2) is 51.2 Å². The average Bonchev–Trinajstić information content (AvgIpc) is 3.93. The Labute approximate surface area is 359 Å². The van der Waals surface area contributed by atoms with Crippen LogP contribution >= 0.6 is 46.4 Å². The van der Waals surface area contributed by atoms with E-state index in [1.54, 1.807) is 42.6 Å². The number of hydrazine groups is 1. The molecule has 0 bridgehead atoms. The molecule has 59 heavy (non-hydrogen) atoms. The number of rotatable bonds is 9. The molecule has 304 valence electrons. The summed E-state index contributed by atoms with van der Waals surface area (Å²) >= 11 is 24.4. The van der Waals surface area contributed by atoms with E-state index in [0.29, 0.717) is 45.1 Å². The predicted molar refractivity (Wildman–Crippen MR) is 230 cm³/mol. The van der Waals surface area contributed by atoms with Crippen LogP contribution in [0.5, 0.6) is 5.75 Å². The van der Waals surface area contributed by atoms with Crippen LogP contribution in [-0.2, 0) is 14.4 Å². The molecule has 1 fully saturated rings. The molecule has 4 aromatic carbocycles. The number of halogens is 4. The smallest absolute Gasteiger partial charge is 0.272 e. The Kier molecular flexibility index (Phi) is 13.6. The molecule has 1 aromatic heterocycles. The van der Waals surface area contributed by atoms with Crippen molar-refractivity contribution in [1.82, 2.24) is 25.9 Å². The summed E-state index contributed by atoms with van der Waals surface area (Å²) < 4.78 is 7.35. The number of nitrogens with one attached hydrogen (secondary N) is 4. The highest BCUT2D eigenvalue weighted by atomic mass is 35.5. The molecule has 18 heteroatoms. The lowest BCUT2D eigenvalue weighted by atomic mass is 10.1. The number of benzene rings is 4. The number of amidine groups is 2. The Hall–Kier alpha value is -5.93. The monoisotopic (exact) mass is 875 g/mol. The maximum Gasteiger partial charge on any atom is 0.272 e. The number of hydrogen-bond acceptors (Lipinski definition) is 8. The Morgan fingerprint density at radius 3 is 2.34 bits per heavy atom. The molecular weight excluding hydrogens is 840 g/mol. The van der Waals surface area contributed by atoms with E-state index < -0.39 is 24.0 Å². The van der Waals surface area contributed by atoms with Gasteiger partial charge in [-0.3, -0.25) is 29.3 Å². The fourth-order valence-electron chi connectivity index (χ4n) is 5.99. The molecule has 4 N–H and O–H groups in total. The van der Waals surface area contributed by atoms with Crippen molar-refractivity contribution in [2.45, 2.75) is 52.7 Å². The van der Waals surface area contributed by atoms with Crippen LogP contribution in [0.3, 0.4) is 0 Å². The zero-order valence-electron chi connectivity index (χ0n) is 32.0. The van der Waals surface area contributed by atoms with Gasteiger partial charge in [-0.2, -0.15) is 10.2 Å². The lowest BCUT2D eigenvalue weighted by Crippen LogP contribution is -2.38. The average molecular weight is 878 g/mol. The topological polar surface area (TPSA) is 171 Å². The zero-order valence-corrected chi connectivity index (χ0v) is 35.0. The Morgan fingerprint density at radius 1 is 0.915 bits per heavy atom. The molecule has 7 rings (SSSR count). The molecule has 2 aliphatic heterocycles. The van der Waals surface area contributed by atoms with Crippen molar-refractivity contribution in [3.8, 4) is 5.75 Å². The third-order valence-corrected chi connectivity index (χ3v) is 9.97. The van der Waals surface area contributed by atoms with Gasteiger partial charge in [-0.15, -0.1) is 0 Å². The van der Waals surface area contributed by atoms with Gasteiger partial charge in [0, 0.05) is 28.7 Å². The first kappa shape index (κ1) is 42.7. The second kappa shape index (κ2) is 18.8. The van der Waals surface area contributed by atoms with Gasteiger partial charge in [0.15, 0.2) is 18.0 Å². The number of nitrogens with zero attached hydrogens (tertiary/aromatic N) is 5. The summed E-state index contributed by atoms with van der Waals surface area (Å²) in [5.41, 5.74) is 10.00. The quantitative estimate of drug-likeness (QED) is 0.115. The summed E-state index contributed by atoms with van der Waals surface area (Å²) in [5, 5.41) is 16.1. The summed E-state index contributed by atoms with van der Waals surface area (Å²) in [7, 11) is 0. The van der Waals surface area contributed by atoms with E-state index in [0.717, 1.165) is 16.7 Å². The molecule has 3 heterocycles. The normalized spacial score (nSPS) is 15.8. The lowest BCUT2D eigenvalue weighted by molar-refractivity contribution is -0.123. The van der Waals surface area contributed by atoms with E-state index >= 15 is 0 Å². The highest BCUT2D eigenvalue weighted by Gasteiger charge is 2.34. The third-order valence-electron chi connectivity index (χ3n) is 8.85. The highest BCUT2D eigenvalue weighted by Crippen LogP contribution is 2.37. The van der Waals surface area contributed by atoms with E-state index in [-0.39, 0.29) is 39.7 Å². The molecule has 1 saturated heterocycles. The fourth-order valence-corrected chi connectivity index (χ4v) is 7.14. The first-order chi connectivity index (χ1) is 28.2. The van der Waals surface area contributed by atoms with E-state index in [1.807, 2.05) is 58.0 Å². The Balaban J connectivity index is 0.000000213. The third kappa shape index (κ3) is 10.4. The number of carbonyl (C=O) groups is 4. The van der Waals surface area contributed by atoms with Gasteiger partial charge >= 0.3 is 0 Å². The van der Waals surface area contributed by atoms with Crippen molar-refractivity contribution in [3.63, 3.8) is 0 Å². The molecule has 0 radical (unpaired) electrons. The SMILES string of the molecule is CCC(Oc1ccc(C)cc1C)C(=O)Nc1cccc(C(=O)NC2=NNC(=O)C2n2cccn2)c1.Cc1ccc(Cl)c(N=C2CC(=O)N(c3c(Cl)cc(Cl)cc3Cl)N2)c1. The zero-order chi connectivity index (χ0) is 42.4. The molecule has 2 atom stereocenters. The molecule has 14 nitrogen and oxygen atoms in total. The van der Waals surface area contributed by atoms with Gasteiger partial charge in [-0.25, -0.2) is 15.4 Å². The van der Waals surface area contributed by atoms with Crippen LogP contribution in [0.2, 0.25) is 20.1 Å². The van der Waals surface area contributed by atoms with Gasteiger partial charge in [0.05, 0.1) is 27.2 Å². The standard InChI is InChI=1S/C25H26N6O4.C16H11Cl4N3O/c1-4-19(35-20-10-9-15(2)13-16(20)3)24(33)27-18-8-5-7-17(14-18)23(32)28-22-21(25(34)30-29-22)31-12-6-11-26-31;1-8-2-3-10(18)13(4-8)21-14-7-15(24)23(22-14)16-11(19)5-9(17)6-12(16)20/h5-14,19,21H,4H2,1-3H3,(H,27,33)(H,30,34)(H,28,29,32);2-6H,7H2,1H3,(H,21,22). The maximum absolute atomic E-state index is 12.9. The molecule has 5 aromatic rings. The van der Waals surface area contributed by atoms with E-state index in [1.165, 1.54) is 28.0 Å². The van der Waals surface area contributed by atoms with Gasteiger partial charge in [0.2, 0.25) is 0 Å². The molecule has 2 unspecified atom stereocenters. The summed E-state index contributed by atoms with van der Waals surface area (Å²) in [4.78, 5) is 54.6. The van der Waals surface area contributed by atoms with Crippen LogP contribution in [0.4, 0.5) is 17.1 Å². The predicted octanol–water partition coefficient (Wildman–Crippen LogP) is 8.29. The maximum atomic E-state index is 12.9. The first-order valence-corrected chi connectivity index (χ1v) is 19.6. The lowest BCUT2D eigenvalue weighted by Gasteiger charge is -2.19. The number of aliphatic imine (C=N–C) groups is 1. The molecule has 0 aliphatic carbocycles. The largest absolute Gasteiger partial charge is 0.480 e. The Morgan fingerprint density at radius 2 is 1.64 bits per heavy atom. The summed E-state index contributed by atoms with van der Waals surface area (Å²) in [6, 6.07) is 21.6. The molecule has 0 saturated carbocycles. The number of ether oxygens (including phenoxy) is 1. The van der Waals surface area contributed by atoms with Crippen LogP contribution in [0.1, 0.15) is 52.9 Å². The van der Waals surface area contributed by atoms with Crippen molar-refractivity contribution in [3.05, 3.63) is 134 Å². The van der Waals surface area contributed by atoms with Crippen molar-refractivity contribution >= 4 is 98.8 Å². The van der Waals surface area contributed by atoms with Gasteiger partial charge < -0.3 is 15.4 Å². The first-order valence-electron chi connectivity index (χ1n) is 18.1. The van der Waals surface area contributed by atoms with E-state index in [4.69, 9.17) is 51.1 Å². The minimum Gasteiger partial charge on any atom is -0.480 e. The molecule has 4 amide bonds. The van der Waals surface area contributed by atoms with Crippen molar-refractivity contribution < 1.29 is 23.9 Å². The molecular formula is C41H37Cl4N9O5. The van der Waals surface area contributed by atoms with Gasteiger partial charge in [-0.05, 0) is 92.9 Å². The van der Waals surface area contributed by atoms with Gasteiger partial charge in [0.1, 0.15) is 17.3 Å². The summed E-state index contributed by atoms with van der Waals surface area (Å²) in [5.74, 6) is -0.201. The van der Waals surface area contributed by atoms with Crippen LogP contribution in [0.15, 0.2) is 101 Å². The Bertz CT molecular complexity index is 2470. The second-order valence-corrected chi connectivity index (χ2v) is 15.1. The number of aryl methyl sites for hydroxylation is 3. The van der Waals surface area contributed by atoms with E-state index in [2.05, 4.69) is 36.7 Å². The molecule has 0 spiro atoms. The van der Waals surface area contributed by atoms with Crippen LogP contribution in [0, 0.1) is 20.8 Å². The van der Waals surface area contributed by atoms with Gasteiger partial charge in [0.25, 0.3) is 23.6 Å². The number of aromatic nitrogens is 2. The van der Waals surface area contributed by atoms with Crippen molar-refractivity contribution in [2.24, 2.45) is 10.1 Å². The fraction of sp³-hybridized carbons (Fsp3) is 0.195. The minimum atomic E-state index is -0.871. The van der Waals surface area contributed by atoms with Crippen molar-refractivity contribution in [1.29, 1.82) is 0 Å². The number of amides is 4. The van der Waals surface area contributed by atoms with Gasteiger partial charge in [-0.1, -0.05) is 83.2 Å². The number of carbonyl (C=O) groups excluding carboxylic acids is 4. The number of anilines is 2. The number of hydrazone groups is 1. The van der Waals surface area contributed by atoms with Crippen molar-refractivity contribution in [2.75, 3.05) is 10.3 Å². The number of hydrogen-bond donors (Lipinski definition) is 4. The summed E-state index contributed by atoms with van der Waals surface area (Å²) in [6.45, 7) is 7.73. The molecule has 2 aliphatic rings.